The molecule has 0 atom stereocenters. The maximum absolute atomic E-state index is 4.81. The molecule has 0 fully saturated rings. The topological polar surface area (TPSA) is 9.23 Å². The molecule has 0 saturated heterocycles. The Hall–Kier alpha value is 0.219. The Morgan fingerprint density at radius 3 is 2.88 bits per heavy atom. The standard InChI is InChI=1S/C6H12OSe/c1-3-8-6-4-5-7-2/h4,6H,3,5H2,1-2H3/b6-4+. The van der Waals surface area contributed by atoms with Gasteiger partial charge in [0.1, 0.15) is 0 Å². The van der Waals surface area contributed by atoms with Crippen molar-refractivity contribution in [3.8, 4) is 0 Å². The van der Waals surface area contributed by atoms with E-state index in [0.717, 1.165) is 6.61 Å². The van der Waals surface area contributed by atoms with Crippen molar-refractivity contribution in [3.05, 3.63) is 11.1 Å². The molecule has 0 amide bonds. The van der Waals surface area contributed by atoms with Crippen LogP contribution in [0.2, 0.25) is 5.32 Å². The van der Waals surface area contributed by atoms with Gasteiger partial charge in [-0.2, -0.15) is 0 Å². The summed E-state index contributed by atoms with van der Waals surface area (Å²) < 4.78 is 4.81. The first kappa shape index (κ1) is 8.22. The third-order valence-electron chi connectivity index (χ3n) is 0.622. The van der Waals surface area contributed by atoms with E-state index >= 15 is 0 Å². The zero-order valence-corrected chi connectivity index (χ0v) is 7.10. The minimum absolute atomic E-state index is 0.707. The molecule has 8 heavy (non-hydrogen) atoms. The van der Waals surface area contributed by atoms with Crippen LogP contribution in [0, 0.1) is 0 Å². The molecule has 0 radical (unpaired) electrons. The first-order chi connectivity index (χ1) is 3.91. The summed E-state index contributed by atoms with van der Waals surface area (Å²) in [4.78, 5) is 2.20. The van der Waals surface area contributed by atoms with Crippen molar-refractivity contribution >= 4 is 15.0 Å². The summed E-state index contributed by atoms with van der Waals surface area (Å²) in [5, 5.41) is 1.28. The van der Waals surface area contributed by atoms with Crippen molar-refractivity contribution in [1.29, 1.82) is 0 Å². The van der Waals surface area contributed by atoms with Crippen LogP contribution in [-0.2, 0) is 4.74 Å². The summed E-state index contributed by atoms with van der Waals surface area (Å²) in [6.07, 6.45) is 2.07. The van der Waals surface area contributed by atoms with E-state index in [1.165, 1.54) is 5.32 Å². The molecule has 0 aromatic carbocycles. The second-order valence-corrected chi connectivity index (χ2v) is 3.76. The van der Waals surface area contributed by atoms with E-state index in [1.54, 1.807) is 7.11 Å². The van der Waals surface area contributed by atoms with Crippen LogP contribution < -0.4 is 0 Å². The maximum atomic E-state index is 4.81. The summed E-state index contributed by atoms with van der Waals surface area (Å²) in [7, 11) is 1.71. The summed E-state index contributed by atoms with van der Waals surface area (Å²) >= 11 is 0.707. The van der Waals surface area contributed by atoms with Crippen LogP contribution in [0.1, 0.15) is 6.92 Å². The molecule has 0 heterocycles. The van der Waals surface area contributed by atoms with Crippen molar-refractivity contribution in [1.82, 2.24) is 0 Å². The van der Waals surface area contributed by atoms with Gasteiger partial charge in [0.05, 0.1) is 0 Å². The molecular weight excluding hydrogens is 167 g/mol. The minimum atomic E-state index is 0.707. The van der Waals surface area contributed by atoms with E-state index < -0.39 is 0 Å². The third kappa shape index (κ3) is 6.22. The van der Waals surface area contributed by atoms with Crippen molar-refractivity contribution in [3.63, 3.8) is 0 Å². The normalized spacial score (nSPS) is 10.8. The van der Waals surface area contributed by atoms with Gasteiger partial charge in [0.25, 0.3) is 0 Å². The van der Waals surface area contributed by atoms with E-state index in [0.29, 0.717) is 15.0 Å². The zero-order chi connectivity index (χ0) is 6.24. The van der Waals surface area contributed by atoms with E-state index in [4.69, 9.17) is 4.74 Å². The number of ether oxygens (including phenoxy) is 1. The molecule has 0 aromatic heterocycles. The van der Waals surface area contributed by atoms with Crippen LogP contribution in [0.3, 0.4) is 0 Å². The third-order valence-corrected chi connectivity index (χ3v) is 2.13. The second kappa shape index (κ2) is 7.22. The molecule has 0 aliphatic carbocycles. The number of hydrogen-bond donors (Lipinski definition) is 0. The molecule has 0 rings (SSSR count). The average molecular weight is 179 g/mol. The quantitative estimate of drug-likeness (QED) is 0.591. The van der Waals surface area contributed by atoms with Crippen LogP contribution in [0.25, 0.3) is 0 Å². The molecule has 2 heteroatoms. The predicted molar refractivity (Wildman–Crippen MR) is 37.3 cm³/mol. The van der Waals surface area contributed by atoms with E-state index in [1.807, 2.05) is 0 Å². The van der Waals surface area contributed by atoms with Crippen LogP contribution >= 0.6 is 0 Å². The van der Waals surface area contributed by atoms with Gasteiger partial charge in [-0.3, -0.25) is 0 Å². The molecule has 0 N–H and O–H groups in total. The Labute approximate surface area is 57.3 Å². The Kier molecular flexibility index (Phi) is 7.42. The molecule has 0 saturated carbocycles. The van der Waals surface area contributed by atoms with Gasteiger partial charge in [-0.1, -0.05) is 0 Å². The zero-order valence-electron chi connectivity index (χ0n) is 5.39. The van der Waals surface area contributed by atoms with Gasteiger partial charge in [0, 0.05) is 0 Å². The summed E-state index contributed by atoms with van der Waals surface area (Å²) in [6.45, 7) is 2.96. The number of rotatable bonds is 4. The van der Waals surface area contributed by atoms with Gasteiger partial charge in [-0.15, -0.1) is 0 Å². The van der Waals surface area contributed by atoms with Crippen LogP contribution in [0.5, 0.6) is 0 Å². The van der Waals surface area contributed by atoms with E-state index in [-0.39, 0.29) is 0 Å². The van der Waals surface area contributed by atoms with E-state index in [2.05, 4.69) is 18.0 Å². The summed E-state index contributed by atoms with van der Waals surface area (Å²) in [5.74, 6) is 0. The molecular formula is C6H12OSe. The molecule has 48 valence electrons. The van der Waals surface area contributed by atoms with Crippen LogP contribution in [0.15, 0.2) is 11.1 Å². The van der Waals surface area contributed by atoms with Gasteiger partial charge in [-0.05, 0) is 0 Å². The molecule has 0 unspecified atom stereocenters. The van der Waals surface area contributed by atoms with Crippen LogP contribution in [-0.4, -0.2) is 28.7 Å². The van der Waals surface area contributed by atoms with Gasteiger partial charge < -0.3 is 0 Å². The summed E-state index contributed by atoms with van der Waals surface area (Å²) in [5.41, 5.74) is 0. The average Bonchev–Trinajstić information content (AvgIpc) is 1.81. The van der Waals surface area contributed by atoms with Gasteiger partial charge in [0.15, 0.2) is 0 Å². The monoisotopic (exact) mass is 180 g/mol. The van der Waals surface area contributed by atoms with Crippen LogP contribution in [0.4, 0.5) is 0 Å². The first-order valence-corrected chi connectivity index (χ1v) is 4.87. The SMILES string of the molecule is CC[Se]/C=C/COC. The molecule has 0 aliphatic rings. The molecule has 0 aliphatic heterocycles. The van der Waals surface area contributed by atoms with Gasteiger partial charge in [-0.25, -0.2) is 0 Å². The van der Waals surface area contributed by atoms with Crippen molar-refractivity contribution in [2.45, 2.75) is 12.2 Å². The second-order valence-electron chi connectivity index (χ2n) is 1.28. The molecule has 0 spiro atoms. The predicted octanol–water partition coefficient (Wildman–Crippen LogP) is 1.29. The Morgan fingerprint density at radius 2 is 2.38 bits per heavy atom. The fraction of sp³-hybridized carbons (Fsp3) is 0.667. The Morgan fingerprint density at radius 1 is 1.62 bits per heavy atom. The van der Waals surface area contributed by atoms with Crippen molar-refractivity contribution in [2.24, 2.45) is 0 Å². The fourth-order valence-electron chi connectivity index (χ4n) is 0.300. The van der Waals surface area contributed by atoms with Gasteiger partial charge in [0.2, 0.25) is 0 Å². The summed E-state index contributed by atoms with van der Waals surface area (Å²) in [6, 6.07) is 0. The molecule has 1 nitrogen and oxygen atoms in total. The van der Waals surface area contributed by atoms with Crippen molar-refractivity contribution in [2.75, 3.05) is 13.7 Å². The number of hydrogen-bond acceptors (Lipinski definition) is 1. The Balaban J connectivity index is 2.83. The molecule has 0 bridgehead atoms. The van der Waals surface area contributed by atoms with Crippen molar-refractivity contribution < 1.29 is 4.74 Å². The first-order valence-electron chi connectivity index (χ1n) is 2.67. The van der Waals surface area contributed by atoms with Gasteiger partial charge >= 0.3 is 56.7 Å². The molecule has 0 aromatic rings. The Bertz CT molecular complexity index is 53.5. The van der Waals surface area contributed by atoms with E-state index in [9.17, 15) is 0 Å². The fourth-order valence-corrected chi connectivity index (χ4v) is 1.15. The number of methoxy groups -OCH3 is 1.